The van der Waals surface area contributed by atoms with Crippen LogP contribution in [0.1, 0.15) is 43.5 Å². The van der Waals surface area contributed by atoms with E-state index in [-0.39, 0.29) is 18.2 Å². The largest absolute Gasteiger partial charge is 0.497 e. The highest BCUT2D eigenvalue weighted by atomic mass is 19.1. The van der Waals surface area contributed by atoms with Gasteiger partial charge >= 0.3 is 6.03 Å². The first kappa shape index (κ1) is 25.1. The normalized spacial score (nSPS) is 18.7. The van der Waals surface area contributed by atoms with E-state index < -0.39 is 23.3 Å². The predicted octanol–water partition coefficient (Wildman–Crippen LogP) is 4.18. The molecule has 0 radical (unpaired) electrons. The van der Waals surface area contributed by atoms with Crippen molar-refractivity contribution in [1.82, 2.24) is 14.4 Å². The molecule has 196 valence electrons. The number of carbonyl (C=O) groups is 2. The second kappa shape index (κ2) is 9.70. The third-order valence-corrected chi connectivity index (χ3v) is 8.07. The lowest BCUT2D eigenvalue weighted by atomic mass is 9.68. The first-order valence-electron chi connectivity index (χ1n) is 12.7. The molecule has 0 saturated carbocycles. The number of para-hydroxylation sites is 1. The number of aliphatic hydroxyl groups is 1. The Morgan fingerprint density at radius 3 is 2.57 bits per heavy atom. The van der Waals surface area contributed by atoms with E-state index in [9.17, 15) is 19.1 Å². The maximum absolute atomic E-state index is 14.4. The number of halogens is 1. The number of anilines is 1. The van der Waals surface area contributed by atoms with Crippen molar-refractivity contribution in [3.63, 3.8) is 0 Å². The number of nitrogens with zero attached hydrogens (tertiary/aromatic N) is 3. The molecule has 3 heterocycles. The number of ether oxygens (including phenoxy) is 1. The highest BCUT2D eigenvalue weighted by Crippen LogP contribution is 2.50. The van der Waals surface area contributed by atoms with Crippen molar-refractivity contribution < 1.29 is 23.8 Å². The van der Waals surface area contributed by atoms with Gasteiger partial charge in [-0.05, 0) is 42.7 Å². The van der Waals surface area contributed by atoms with Gasteiger partial charge in [0.2, 0.25) is 5.91 Å². The van der Waals surface area contributed by atoms with Gasteiger partial charge in [-0.25, -0.2) is 9.18 Å². The molecule has 0 unspecified atom stereocenters. The lowest BCUT2D eigenvalue weighted by Crippen LogP contribution is -2.56. The Hall–Kier alpha value is -3.59. The Labute approximate surface area is 215 Å². The lowest BCUT2D eigenvalue weighted by Gasteiger charge is -2.50. The molecular formula is C28H33FN4O4. The SMILES string of the molecule is CCC(=O)N1CCC2(CC1)CN(C(=O)Nc1ccccc1F)[C@H](CO)c1c2c2ccc(OC)cc2n1C. The van der Waals surface area contributed by atoms with Gasteiger partial charge in [0.1, 0.15) is 11.6 Å². The molecule has 8 nitrogen and oxygen atoms in total. The van der Waals surface area contributed by atoms with E-state index >= 15 is 0 Å². The van der Waals surface area contributed by atoms with E-state index in [1.54, 1.807) is 24.1 Å². The number of methoxy groups -OCH3 is 1. The van der Waals surface area contributed by atoms with Crippen LogP contribution in [0.4, 0.5) is 14.9 Å². The van der Waals surface area contributed by atoms with Crippen molar-refractivity contribution in [3.8, 4) is 5.75 Å². The fourth-order valence-electron chi connectivity index (χ4n) is 6.14. The van der Waals surface area contributed by atoms with E-state index in [1.165, 1.54) is 12.1 Å². The second-order valence-corrected chi connectivity index (χ2v) is 9.95. The monoisotopic (exact) mass is 508 g/mol. The molecule has 1 saturated heterocycles. The summed E-state index contributed by atoms with van der Waals surface area (Å²) >= 11 is 0. The Bertz CT molecular complexity index is 1350. The Morgan fingerprint density at radius 1 is 1.19 bits per heavy atom. The minimum absolute atomic E-state index is 0.0918. The Kier molecular flexibility index (Phi) is 6.58. The Morgan fingerprint density at radius 2 is 1.92 bits per heavy atom. The van der Waals surface area contributed by atoms with Crippen LogP contribution in [0.15, 0.2) is 42.5 Å². The second-order valence-electron chi connectivity index (χ2n) is 9.95. The number of likely N-dealkylation sites (tertiary alicyclic amines) is 1. The number of benzene rings is 2. The van der Waals surface area contributed by atoms with Gasteiger partial charge in [0.25, 0.3) is 0 Å². The van der Waals surface area contributed by atoms with Crippen molar-refractivity contribution in [2.45, 2.75) is 37.6 Å². The summed E-state index contributed by atoms with van der Waals surface area (Å²) in [7, 11) is 3.56. The quantitative estimate of drug-likeness (QED) is 0.554. The van der Waals surface area contributed by atoms with Crippen molar-refractivity contribution in [2.24, 2.45) is 7.05 Å². The highest BCUT2D eigenvalue weighted by Gasteiger charge is 2.49. The average Bonchev–Trinajstić information content (AvgIpc) is 3.22. The van der Waals surface area contributed by atoms with Crippen molar-refractivity contribution in [2.75, 3.05) is 38.7 Å². The van der Waals surface area contributed by atoms with Crippen LogP contribution in [0.5, 0.6) is 5.75 Å². The van der Waals surface area contributed by atoms with Crippen LogP contribution in [0.25, 0.3) is 10.9 Å². The van der Waals surface area contributed by atoms with E-state index in [0.29, 0.717) is 38.9 Å². The van der Waals surface area contributed by atoms with Crippen molar-refractivity contribution in [3.05, 3.63) is 59.5 Å². The Balaban J connectivity index is 1.62. The fraction of sp³-hybridized carbons (Fsp3) is 0.429. The van der Waals surface area contributed by atoms with Crippen LogP contribution < -0.4 is 10.1 Å². The summed E-state index contributed by atoms with van der Waals surface area (Å²) < 4.78 is 21.9. The molecule has 37 heavy (non-hydrogen) atoms. The summed E-state index contributed by atoms with van der Waals surface area (Å²) in [5.41, 5.74) is 2.59. The van der Waals surface area contributed by atoms with E-state index in [0.717, 1.165) is 27.9 Å². The number of rotatable bonds is 4. The molecule has 3 amide bonds. The van der Waals surface area contributed by atoms with E-state index in [4.69, 9.17) is 4.74 Å². The van der Waals surface area contributed by atoms with Gasteiger partial charge in [0.15, 0.2) is 0 Å². The summed E-state index contributed by atoms with van der Waals surface area (Å²) in [6.07, 6.45) is 1.81. The summed E-state index contributed by atoms with van der Waals surface area (Å²) in [6, 6.07) is 10.9. The zero-order valence-corrected chi connectivity index (χ0v) is 21.5. The zero-order valence-electron chi connectivity index (χ0n) is 21.5. The minimum atomic E-state index is -0.619. The van der Waals surface area contributed by atoms with Gasteiger partial charge in [0.05, 0.1) is 31.0 Å². The standard InChI is InChI=1S/C28H33FN4O4/c1-4-24(35)32-13-11-28(12-14-32)17-33(27(36)30-21-8-6-5-7-20(21)29)23(16-34)26-25(28)19-10-9-18(37-3)15-22(19)31(26)2/h5-10,15,23,34H,4,11-14,16-17H2,1-3H3,(H,30,36)/t23-/m1/s1. The first-order valence-corrected chi connectivity index (χ1v) is 12.7. The molecule has 5 rings (SSSR count). The van der Waals surface area contributed by atoms with Crippen molar-refractivity contribution in [1.29, 1.82) is 0 Å². The number of nitrogens with one attached hydrogen (secondary N) is 1. The zero-order chi connectivity index (χ0) is 26.3. The number of fused-ring (bicyclic) bond motifs is 4. The number of carbonyl (C=O) groups excluding carboxylic acids is 2. The van der Waals surface area contributed by atoms with Gasteiger partial charge in [-0.15, -0.1) is 0 Å². The van der Waals surface area contributed by atoms with Crippen LogP contribution in [0.2, 0.25) is 0 Å². The molecule has 0 bridgehead atoms. The predicted molar refractivity (Wildman–Crippen MR) is 139 cm³/mol. The molecular weight excluding hydrogens is 475 g/mol. The van der Waals surface area contributed by atoms with Crippen molar-refractivity contribution >= 4 is 28.5 Å². The van der Waals surface area contributed by atoms with Gasteiger partial charge in [-0.1, -0.05) is 19.1 Å². The number of piperidine rings is 1. The highest BCUT2D eigenvalue weighted by molar-refractivity contribution is 5.92. The smallest absolute Gasteiger partial charge is 0.322 e. The summed E-state index contributed by atoms with van der Waals surface area (Å²) in [5, 5.41) is 14.3. The number of hydrogen-bond donors (Lipinski definition) is 2. The topological polar surface area (TPSA) is 87.0 Å². The van der Waals surface area contributed by atoms with Crippen LogP contribution in [-0.4, -0.2) is 64.8 Å². The van der Waals surface area contributed by atoms with E-state index in [2.05, 4.69) is 5.32 Å². The number of hydrogen-bond acceptors (Lipinski definition) is 4. The van der Waals surface area contributed by atoms with Crippen LogP contribution in [-0.2, 0) is 17.3 Å². The molecule has 2 N–H and O–H groups in total. The summed E-state index contributed by atoms with van der Waals surface area (Å²) in [4.78, 5) is 29.6. The lowest BCUT2D eigenvalue weighted by molar-refractivity contribution is -0.132. The summed E-state index contributed by atoms with van der Waals surface area (Å²) in [5.74, 6) is 0.320. The maximum Gasteiger partial charge on any atom is 0.322 e. The molecule has 0 aliphatic carbocycles. The minimum Gasteiger partial charge on any atom is -0.497 e. The molecule has 1 atom stereocenters. The van der Waals surface area contributed by atoms with E-state index in [1.807, 2.05) is 41.6 Å². The third-order valence-electron chi connectivity index (χ3n) is 8.07. The number of amides is 3. The van der Waals surface area contributed by atoms with Gasteiger partial charge in [-0.2, -0.15) is 0 Å². The number of aliphatic hydroxyl groups excluding tert-OH is 1. The molecule has 9 heteroatoms. The summed E-state index contributed by atoms with van der Waals surface area (Å²) in [6.45, 7) is 3.11. The van der Waals surface area contributed by atoms with Gasteiger partial charge in [-0.3, -0.25) is 4.79 Å². The van der Waals surface area contributed by atoms with Crippen LogP contribution >= 0.6 is 0 Å². The first-order chi connectivity index (χ1) is 17.8. The van der Waals surface area contributed by atoms with Gasteiger partial charge in [0, 0.05) is 55.7 Å². The molecule has 1 aromatic heterocycles. The van der Waals surface area contributed by atoms with Gasteiger partial charge < -0.3 is 29.5 Å². The molecule has 1 spiro atoms. The molecule has 3 aromatic rings. The third kappa shape index (κ3) is 4.11. The molecule has 1 fully saturated rings. The molecule has 2 aliphatic rings. The average molecular weight is 509 g/mol. The maximum atomic E-state index is 14.4. The number of aryl methyl sites for hydroxylation is 1. The molecule has 2 aromatic carbocycles. The molecule has 2 aliphatic heterocycles. The van der Waals surface area contributed by atoms with Crippen LogP contribution in [0.3, 0.4) is 0 Å². The number of aromatic nitrogens is 1. The fourth-order valence-corrected chi connectivity index (χ4v) is 6.14. The number of urea groups is 1. The van der Waals surface area contributed by atoms with Crippen LogP contribution in [0, 0.1) is 5.82 Å².